The first-order valence-electron chi connectivity index (χ1n) is 15.1. The Morgan fingerprint density at radius 1 is 1.00 bits per heavy atom. The summed E-state index contributed by atoms with van der Waals surface area (Å²) in [6.45, 7) is 21.8. The first kappa shape index (κ1) is 27.7. The Kier molecular flexibility index (Phi) is 7.23. The van der Waals surface area contributed by atoms with Gasteiger partial charge in [-0.3, -0.25) is 0 Å². The summed E-state index contributed by atoms with van der Waals surface area (Å²) in [6, 6.07) is 0. The van der Waals surface area contributed by atoms with Crippen molar-refractivity contribution in [3.05, 3.63) is 11.6 Å². The van der Waals surface area contributed by atoms with Crippen molar-refractivity contribution < 1.29 is 9.84 Å². The highest BCUT2D eigenvalue weighted by Crippen LogP contribution is 2.73. The van der Waals surface area contributed by atoms with Crippen molar-refractivity contribution in [3.8, 4) is 0 Å². The third-order valence-corrected chi connectivity index (χ3v) is 13.2. The molecule has 0 aromatic carbocycles. The smallest absolute Gasteiger partial charge is 0.0625 e. The van der Waals surface area contributed by atoms with Crippen LogP contribution in [0.4, 0.5) is 0 Å². The highest BCUT2D eigenvalue weighted by Gasteiger charge is 2.65. The summed E-state index contributed by atoms with van der Waals surface area (Å²) < 4.78 is 6.02. The summed E-state index contributed by atoms with van der Waals surface area (Å²) in [5.41, 5.74) is 2.70. The molecule has 4 aliphatic carbocycles. The van der Waals surface area contributed by atoms with Crippen LogP contribution < -0.4 is 0 Å². The number of ether oxygens (including phenoxy) is 1. The van der Waals surface area contributed by atoms with Crippen LogP contribution in [-0.4, -0.2) is 23.9 Å². The lowest BCUT2D eigenvalue weighted by Crippen LogP contribution is -2.58. The van der Waals surface area contributed by atoms with E-state index in [1.165, 1.54) is 51.4 Å². The average Bonchev–Trinajstić information content (AvgIpc) is 3.04. The predicted molar refractivity (Wildman–Crippen MR) is 148 cm³/mol. The molecular weight excluding hydrogens is 428 g/mol. The van der Waals surface area contributed by atoms with Gasteiger partial charge in [-0.05, 0) is 116 Å². The van der Waals surface area contributed by atoms with Crippen LogP contribution in [0.5, 0.6) is 0 Å². The number of methoxy groups -OCH3 is 1. The van der Waals surface area contributed by atoms with E-state index in [2.05, 4.69) is 54.5 Å². The first-order chi connectivity index (χ1) is 16.2. The monoisotopic (exact) mass is 486 g/mol. The minimum Gasteiger partial charge on any atom is -0.390 e. The van der Waals surface area contributed by atoms with Gasteiger partial charge in [0.1, 0.15) is 0 Å². The number of aliphatic hydroxyl groups is 1. The predicted octanol–water partition coefficient (Wildman–Crippen LogP) is 8.82. The van der Waals surface area contributed by atoms with Crippen LogP contribution >= 0.6 is 0 Å². The van der Waals surface area contributed by atoms with Crippen LogP contribution in [0.25, 0.3) is 0 Å². The van der Waals surface area contributed by atoms with Gasteiger partial charge in [0.25, 0.3) is 0 Å². The second-order valence-electron chi connectivity index (χ2n) is 15.3. The quantitative estimate of drug-likeness (QED) is 0.364. The van der Waals surface area contributed by atoms with E-state index in [9.17, 15) is 5.11 Å². The molecule has 0 radical (unpaired) electrons. The van der Waals surface area contributed by atoms with Crippen molar-refractivity contribution in [1.82, 2.24) is 0 Å². The third-order valence-electron chi connectivity index (χ3n) is 13.2. The summed E-state index contributed by atoms with van der Waals surface area (Å²) in [5, 5.41) is 10.6. The average molecular weight is 487 g/mol. The summed E-state index contributed by atoms with van der Waals surface area (Å²) >= 11 is 0. The van der Waals surface area contributed by atoms with E-state index < -0.39 is 5.60 Å². The van der Waals surface area contributed by atoms with Gasteiger partial charge in [0, 0.05) is 7.11 Å². The number of hydrogen-bond acceptors (Lipinski definition) is 2. The van der Waals surface area contributed by atoms with E-state index in [-0.39, 0.29) is 5.41 Å². The third kappa shape index (κ3) is 4.10. The normalized spacial score (nSPS) is 44.6. The van der Waals surface area contributed by atoms with Gasteiger partial charge in [0.2, 0.25) is 0 Å². The molecule has 0 amide bonds. The van der Waals surface area contributed by atoms with E-state index in [0.717, 1.165) is 36.5 Å². The molecule has 4 aliphatic rings. The molecule has 3 saturated carbocycles. The van der Waals surface area contributed by atoms with Crippen molar-refractivity contribution in [2.45, 2.75) is 138 Å². The van der Waals surface area contributed by atoms with Gasteiger partial charge >= 0.3 is 0 Å². The van der Waals surface area contributed by atoms with E-state index >= 15 is 0 Å². The molecule has 0 bridgehead atoms. The van der Waals surface area contributed by atoms with E-state index in [0.29, 0.717) is 28.3 Å². The van der Waals surface area contributed by atoms with Gasteiger partial charge in [-0.25, -0.2) is 0 Å². The van der Waals surface area contributed by atoms with Crippen LogP contribution in [0.3, 0.4) is 0 Å². The summed E-state index contributed by atoms with van der Waals surface area (Å²) in [5.74, 6) is 3.43. The summed E-state index contributed by atoms with van der Waals surface area (Å²) in [7, 11) is 1.93. The molecule has 2 unspecified atom stereocenters. The van der Waals surface area contributed by atoms with E-state index in [4.69, 9.17) is 4.74 Å². The topological polar surface area (TPSA) is 29.5 Å². The van der Waals surface area contributed by atoms with Gasteiger partial charge in [-0.1, -0.05) is 73.0 Å². The molecule has 35 heavy (non-hydrogen) atoms. The Hall–Kier alpha value is -0.340. The number of allylic oxidation sites excluding steroid dienone is 2. The highest BCUT2D eigenvalue weighted by atomic mass is 16.5. The zero-order valence-electron chi connectivity index (χ0n) is 25.0. The van der Waals surface area contributed by atoms with Gasteiger partial charge in [0.15, 0.2) is 0 Å². The maximum absolute atomic E-state index is 10.6. The van der Waals surface area contributed by atoms with Crippen molar-refractivity contribution in [2.24, 2.45) is 51.2 Å². The zero-order chi connectivity index (χ0) is 26.0. The Labute approximate surface area is 218 Å². The fraction of sp³-hybridized carbons (Fsp3) is 0.939. The van der Waals surface area contributed by atoms with Crippen molar-refractivity contribution in [2.75, 3.05) is 7.11 Å². The van der Waals surface area contributed by atoms with Crippen LogP contribution in [0, 0.1) is 51.2 Å². The van der Waals surface area contributed by atoms with Gasteiger partial charge in [-0.15, -0.1) is 0 Å². The molecule has 0 aromatic heterocycles. The van der Waals surface area contributed by atoms with Gasteiger partial charge in [0.05, 0.1) is 11.7 Å². The molecule has 3 fully saturated rings. The maximum atomic E-state index is 10.6. The molecule has 2 heteroatoms. The zero-order valence-corrected chi connectivity index (χ0v) is 25.0. The van der Waals surface area contributed by atoms with Crippen LogP contribution in [0.2, 0.25) is 0 Å². The van der Waals surface area contributed by atoms with E-state index in [1.54, 1.807) is 0 Å². The lowest BCUT2D eigenvalue weighted by Gasteiger charge is -2.64. The standard InChI is InChI=1S/C33H58O2/c1-11-23(30(5,6)34)13-12-22(2)24-16-20-33(9)26-14-15-27-29(3,4)28(35-10)18-19-31(27,7)25(26)17-21-32(24,33)8/h17,22-24,26-28,34H,11-16,18-21H2,1-10H3/t22-,23?,24-,26-,27?,28+,31-,32-,33+/m1/s1. The minimum absolute atomic E-state index is 0.248. The van der Waals surface area contributed by atoms with Crippen LogP contribution in [0.15, 0.2) is 11.6 Å². The van der Waals surface area contributed by atoms with Crippen LogP contribution in [0.1, 0.15) is 127 Å². The van der Waals surface area contributed by atoms with Crippen molar-refractivity contribution in [3.63, 3.8) is 0 Å². The molecule has 4 rings (SSSR count). The van der Waals surface area contributed by atoms with Gasteiger partial charge < -0.3 is 9.84 Å². The number of hydrogen-bond donors (Lipinski definition) is 1. The summed E-state index contributed by atoms with van der Waals surface area (Å²) in [6.07, 6.45) is 15.9. The fourth-order valence-electron chi connectivity index (χ4n) is 10.8. The van der Waals surface area contributed by atoms with E-state index in [1.807, 2.05) is 26.5 Å². The molecule has 1 N–H and O–H groups in total. The van der Waals surface area contributed by atoms with Crippen molar-refractivity contribution >= 4 is 0 Å². The lowest BCUT2D eigenvalue weighted by atomic mass is 9.41. The molecule has 0 aliphatic heterocycles. The molecule has 202 valence electrons. The van der Waals surface area contributed by atoms with Gasteiger partial charge in [-0.2, -0.15) is 0 Å². The SMILES string of the molecule is CCC(CC[C@@H](C)[C@H]1CC[C@@]2(C)[C@@H]3CCC4C(C)(C)[C@@H](OC)CC[C@]4(C)C3=CC[C@]12C)C(C)(C)O. The molecule has 0 heterocycles. The number of fused-ring (bicyclic) bond motifs is 5. The minimum atomic E-state index is -0.561. The Balaban J connectivity index is 1.58. The second-order valence-corrected chi connectivity index (χ2v) is 15.3. The number of rotatable bonds is 7. The van der Waals surface area contributed by atoms with Crippen molar-refractivity contribution in [1.29, 1.82) is 0 Å². The molecule has 0 spiro atoms. The molecule has 9 atom stereocenters. The highest BCUT2D eigenvalue weighted by molar-refractivity contribution is 5.32. The lowest BCUT2D eigenvalue weighted by molar-refractivity contribution is -0.130. The Morgan fingerprint density at radius 3 is 2.29 bits per heavy atom. The summed E-state index contributed by atoms with van der Waals surface area (Å²) in [4.78, 5) is 0. The fourth-order valence-corrected chi connectivity index (χ4v) is 10.8. The second kappa shape index (κ2) is 9.14. The Bertz CT molecular complexity index is 804. The first-order valence-corrected chi connectivity index (χ1v) is 15.1. The van der Waals surface area contributed by atoms with Crippen LogP contribution in [-0.2, 0) is 4.74 Å². The molecule has 0 saturated heterocycles. The molecule has 2 nitrogen and oxygen atoms in total. The maximum Gasteiger partial charge on any atom is 0.0625 e. The largest absolute Gasteiger partial charge is 0.390 e. The molecule has 0 aromatic rings. The molecular formula is C33H58O2. The Morgan fingerprint density at radius 2 is 1.69 bits per heavy atom.